The summed E-state index contributed by atoms with van der Waals surface area (Å²) in [5.41, 5.74) is 3.16. The van der Waals surface area contributed by atoms with Crippen molar-refractivity contribution >= 4 is 0 Å². The number of hydrogen-bond acceptors (Lipinski definition) is 4. The van der Waals surface area contributed by atoms with Gasteiger partial charge in [-0.1, -0.05) is 0 Å². The van der Waals surface area contributed by atoms with E-state index in [2.05, 4.69) is 19.9 Å². The van der Waals surface area contributed by atoms with Gasteiger partial charge in [-0.3, -0.25) is 4.98 Å². The summed E-state index contributed by atoms with van der Waals surface area (Å²) in [5, 5.41) is 3.11. The summed E-state index contributed by atoms with van der Waals surface area (Å²) < 4.78 is 7.53. The Hall–Kier alpha value is -1.88. The van der Waals surface area contributed by atoms with Gasteiger partial charge in [-0.15, -0.1) is 0 Å². The number of nitrogens with one attached hydrogen (secondary N) is 1. The van der Waals surface area contributed by atoms with Gasteiger partial charge in [0.25, 0.3) is 0 Å². The first-order chi connectivity index (χ1) is 9.17. The Morgan fingerprint density at radius 3 is 2.79 bits per heavy atom. The van der Waals surface area contributed by atoms with Crippen LogP contribution in [-0.4, -0.2) is 28.7 Å². The first-order valence-electron chi connectivity index (χ1n) is 6.31. The van der Waals surface area contributed by atoms with Gasteiger partial charge in [0.05, 0.1) is 25.9 Å². The molecule has 0 unspecified atom stereocenters. The fourth-order valence-electron chi connectivity index (χ4n) is 2.20. The van der Waals surface area contributed by atoms with Gasteiger partial charge in [0.2, 0.25) is 0 Å². The number of rotatable bonds is 5. The smallest absolute Gasteiger partial charge is 0.128 e. The van der Waals surface area contributed by atoms with E-state index in [1.807, 2.05) is 39.5 Å². The van der Waals surface area contributed by atoms with Crippen LogP contribution in [0.3, 0.4) is 0 Å². The summed E-state index contributed by atoms with van der Waals surface area (Å²) in [6.45, 7) is 5.50. The molecule has 0 aliphatic rings. The van der Waals surface area contributed by atoms with Gasteiger partial charge in [-0.05, 0) is 20.9 Å². The molecule has 0 aliphatic heterocycles. The molecule has 0 saturated carbocycles. The topological polar surface area (TPSA) is 52.0 Å². The van der Waals surface area contributed by atoms with Crippen LogP contribution >= 0.6 is 0 Å². The lowest BCUT2D eigenvalue weighted by atomic mass is 10.1. The number of aryl methyl sites for hydroxylation is 1. The Labute approximate surface area is 113 Å². The van der Waals surface area contributed by atoms with E-state index in [4.69, 9.17) is 4.74 Å². The van der Waals surface area contributed by atoms with Crippen molar-refractivity contribution in [1.29, 1.82) is 0 Å². The van der Waals surface area contributed by atoms with E-state index in [1.54, 1.807) is 7.11 Å². The lowest BCUT2D eigenvalue weighted by Crippen LogP contribution is -2.14. The molecule has 0 bridgehead atoms. The highest BCUT2D eigenvalue weighted by molar-refractivity contribution is 5.41. The van der Waals surface area contributed by atoms with Gasteiger partial charge in [0.1, 0.15) is 11.6 Å². The SMILES string of the molecule is CNCc1nccn1Cc1ncc(C)c(OC)c1C. The van der Waals surface area contributed by atoms with Crippen LogP contribution in [0, 0.1) is 13.8 Å². The van der Waals surface area contributed by atoms with Crippen LogP contribution in [0.5, 0.6) is 5.75 Å². The number of ether oxygens (including phenoxy) is 1. The highest BCUT2D eigenvalue weighted by Crippen LogP contribution is 2.24. The summed E-state index contributed by atoms with van der Waals surface area (Å²) in [4.78, 5) is 8.85. The molecule has 1 N–H and O–H groups in total. The minimum absolute atomic E-state index is 0.708. The Balaban J connectivity index is 2.31. The quantitative estimate of drug-likeness (QED) is 0.888. The van der Waals surface area contributed by atoms with E-state index >= 15 is 0 Å². The molecule has 2 heterocycles. The fourth-order valence-corrected chi connectivity index (χ4v) is 2.20. The van der Waals surface area contributed by atoms with Gasteiger partial charge < -0.3 is 14.6 Å². The molecule has 0 aromatic carbocycles. The Morgan fingerprint density at radius 2 is 2.11 bits per heavy atom. The molecule has 19 heavy (non-hydrogen) atoms. The molecular formula is C14H20N4O. The first-order valence-corrected chi connectivity index (χ1v) is 6.31. The van der Waals surface area contributed by atoms with Gasteiger partial charge in [0, 0.05) is 29.7 Å². The maximum Gasteiger partial charge on any atom is 0.128 e. The Morgan fingerprint density at radius 1 is 1.32 bits per heavy atom. The van der Waals surface area contributed by atoms with E-state index in [0.29, 0.717) is 6.54 Å². The van der Waals surface area contributed by atoms with Crippen molar-refractivity contribution in [3.63, 3.8) is 0 Å². The predicted molar refractivity (Wildman–Crippen MR) is 74.4 cm³/mol. The van der Waals surface area contributed by atoms with E-state index in [1.165, 1.54) is 0 Å². The second-order valence-corrected chi connectivity index (χ2v) is 4.55. The minimum Gasteiger partial charge on any atom is -0.496 e. The summed E-state index contributed by atoms with van der Waals surface area (Å²) >= 11 is 0. The number of aromatic nitrogens is 3. The zero-order valence-corrected chi connectivity index (χ0v) is 11.9. The normalized spacial score (nSPS) is 10.7. The van der Waals surface area contributed by atoms with Crippen molar-refractivity contribution in [2.45, 2.75) is 26.9 Å². The van der Waals surface area contributed by atoms with Crippen LogP contribution in [0.1, 0.15) is 22.6 Å². The summed E-state index contributed by atoms with van der Waals surface area (Å²) in [6.07, 6.45) is 5.64. The molecule has 102 valence electrons. The molecule has 2 aromatic rings. The number of methoxy groups -OCH3 is 1. The second-order valence-electron chi connectivity index (χ2n) is 4.55. The molecule has 0 radical (unpaired) electrons. The second kappa shape index (κ2) is 5.84. The average molecular weight is 260 g/mol. The molecule has 0 amide bonds. The van der Waals surface area contributed by atoms with Crippen molar-refractivity contribution in [2.24, 2.45) is 0 Å². The maximum absolute atomic E-state index is 5.44. The summed E-state index contributed by atoms with van der Waals surface area (Å²) in [6, 6.07) is 0. The number of nitrogens with zero attached hydrogens (tertiary/aromatic N) is 3. The number of hydrogen-bond donors (Lipinski definition) is 1. The van der Waals surface area contributed by atoms with Crippen molar-refractivity contribution in [3.8, 4) is 5.75 Å². The van der Waals surface area contributed by atoms with Crippen LogP contribution in [0.15, 0.2) is 18.6 Å². The van der Waals surface area contributed by atoms with Gasteiger partial charge in [0.15, 0.2) is 0 Å². The largest absolute Gasteiger partial charge is 0.496 e. The maximum atomic E-state index is 5.44. The molecule has 2 aromatic heterocycles. The molecule has 0 aliphatic carbocycles. The highest BCUT2D eigenvalue weighted by Gasteiger charge is 2.11. The van der Waals surface area contributed by atoms with Crippen molar-refractivity contribution < 1.29 is 4.74 Å². The van der Waals surface area contributed by atoms with Crippen LogP contribution in [-0.2, 0) is 13.1 Å². The lowest BCUT2D eigenvalue weighted by Gasteiger charge is -2.13. The van der Waals surface area contributed by atoms with Crippen molar-refractivity contribution in [1.82, 2.24) is 19.9 Å². The zero-order chi connectivity index (χ0) is 13.8. The molecule has 0 atom stereocenters. The Kier molecular flexibility index (Phi) is 4.16. The van der Waals surface area contributed by atoms with E-state index in [-0.39, 0.29) is 0 Å². The van der Waals surface area contributed by atoms with Crippen LogP contribution in [0.2, 0.25) is 0 Å². The van der Waals surface area contributed by atoms with Crippen LogP contribution in [0.25, 0.3) is 0 Å². The first kappa shape index (κ1) is 13.5. The third kappa shape index (κ3) is 2.76. The Bertz CT molecular complexity index is 563. The molecular weight excluding hydrogens is 240 g/mol. The predicted octanol–water partition coefficient (Wildman–Crippen LogP) is 1.67. The molecule has 5 heteroatoms. The fraction of sp³-hybridized carbons (Fsp3) is 0.429. The molecule has 0 fully saturated rings. The van der Waals surface area contributed by atoms with E-state index in [0.717, 1.165) is 34.9 Å². The third-order valence-electron chi connectivity index (χ3n) is 3.21. The van der Waals surface area contributed by atoms with Gasteiger partial charge >= 0.3 is 0 Å². The van der Waals surface area contributed by atoms with E-state index in [9.17, 15) is 0 Å². The number of imidazole rings is 1. The van der Waals surface area contributed by atoms with Gasteiger partial charge in [-0.25, -0.2) is 4.98 Å². The standard InChI is InChI=1S/C14H20N4O/c1-10-7-17-12(11(2)14(10)19-4)9-18-6-5-16-13(18)8-15-3/h5-7,15H,8-9H2,1-4H3. The molecule has 5 nitrogen and oxygen atoms in total. The van der Waals surface area contributed by atoms with Gasteiger partial charge in [-0.2, -0.15) is 0 Å². The highest BCUT2D eigenvalue weighted by atomic mass is 16.5. The average Bonchev–Trinajstić information content (AvgIpc) is 2.81. The zero-order valence-electron chi connectivity index (χ0n) is 11.9. The monoisotopic (exact) mass is 260 g/mol. The van der Waals surface area contributed by atoms with E-state index < -0.39 is 0 Å². The van der Waals surface area contributed by atoms with Crippen LogP contribution < -0.4 is 10.1 Å². The minimum atomic E-state index is 0.708. The lowest BCUT2D eigenvalue weighted by molar-refractivity contribution is 0.406. The molecule has 2 rings (SSSR count). The molecule has 0 saturated heterocycles. The van der Waals surface area contributed by atoms with Crippen LogP contribution in [0.4, 0.5) is 0 Å². The van der Waals surface area contributed by atoms with Crippen molar-refractivity contribution in [2.75, 3.05) is 14.2 Å². The summed E-state index contributed by atoms with van der Waals surface area (Å²) in [5.74, 6) is 1.92. The number of pyridine rings is 1. The third-order valence-corrected chi connectivity index (χ3v) is 3.21. The van der Waals surface area contributed by atoms with Crippen molar-refractivity contribution in [3.05, 3.63) is 41.2 Å². The summed E-state index contributed by atoms with van der Waals surface area (Å²) in [7, 11) is 3.61. The molecule has 0 spiro atoms.